The standard InChI is InChI=1S/C22H22N2O2/c1-16(2)22(25)26-15-20-17(3)23-21(14-18-10-6-4-7-11-18)24(20)19-12-8-5-9-13-19/h4-13H,1,14-15H2,2-3H3. The number of hydrogen-bond donors (Lipinski definition) is 0. The van der Waals surface area contributed by atoms with E-state index in [4.69, 9.17) is 9.72 Å². The minimum absolute atomic E-state index is 0.161. The number of carbonyl (C=O) groups is 1. The lowest BCUT2D eigenvalue weighted by molar-refractivity contribution is -0.140. The Kier molecular flexibility index (Phi) is 5.32. The maximum Gasteiger partial charge on any atom is 0.333 e. The van der Waals surface area contributed by atoms with Crippen molar-refractivity contribution in [3.05, 3.63) is 95.6 Å². The van der Waals surface area contributed by atoms with Gasteiger partial charge in [-0.3, -0.25) is 4.57 Å². The number of aromatic nitrogens is 2. The van der Waals surface area contributed by atoms with Gasteiger partial charge in [0.25, 0.3) is 0 Å². The van der Waals surface area contributed by atoms with E-state index < -0.39 is 5.97 Å². The van der Waals surface area contributed by atoms with Crippen LogP contribution >= 0.6 is 0 Å². The highest BCUT2D eigenvalue weighted by Crippen LogP contribution is 2.22. The molecule has 0 saturated carbocycles. The average molecular weight is 346 g/mol. The highest BCUT2D eigenvalue weighted by molar-refractivity contribution is 5.86. The smallest absolute Gasteiger partial charge is 0.333 e. The second-order valence-electron chi connectivity index (χ2n) is 6.25. The van der Waals surface area contributed by atoms with Gasteiger partial charge in [-0.2, -0.15) is 0 Å². The maximum atomic E-state index is 11.8. The number of esters is 1. The zero-order valence-corrected chi connectivity index (χ0v) is 15.1. The van der Waals surface area contributed by atoms with Crippen LogP contribution in [0.15, 0.2) is 72.8 Å². The Hall–Kier alpha value is -3.14. The second-order valence-corrected chi connectivity index (χ2v) is 6.25. The molecule has 26 heavy (non-hydrogen) atoms. The highest BCUT2D eigenvalue weighted by Gasteiger charge is 2.18. The van der Waals surface area contributed by atoms with Crippen molar-refractivity contribution in [3.63, 3.8) is 0 Å². The summed E-state index contributed by atoms with van der Waals surface area (Å²) in [6.07, 6.45) is 0.699. The van der Waals surface area contributed by atoms with E-state index in [1.165, 1.54) is 5.56 Å². The first-order valence-electron chi connectivity index (χ1n) is 8.55. The molecule has 0 saturated heterocycles. The predicted molar refractivity (Wildman–Crippen MR) is 102 cm³/mol. The van der Waals surface area contributed by atoms with Crippen molar-refractivity contribution in [1.29, 1.82) is 0 Å². The molecule has 3 aromatic rings. The van der Waals surface area contributed by atoms with Gasteiger partial charge in [-0.1, -0.05) is 55.1 Å². The van der Waals surface area contributed by atoms with E-state index in [0.717, 1.165) is 22.9 Å². The summed E-state index contributed by atoms with van der Waals surface area (Å²) >= 11 is 0. The fourth-order valence-corrected chi connectivity index (χ4v) is 2.83. The van der Waals surface area contributed by atoms with Gasteiger partial charge >= 0.3 is 5.97 Å². The normalized spacial score (nSPS) is 10.5. The number of rotatable bonds is 6. The molecule has 0 amide bonds. The number of imidazole rings is 1. The van der Waals surface area contributed by atoms with E-state index in [0.29, 0.717) is 12.0 Å². The number of aryl methyl sites for hydroxylation is 1. The van der Waals surface area contributed by atoms with Gasteiger partial charge in [-0.25, -0.2) is 9.78 Å². The van der Waals surface area contributed by atoms with E-state index in [-0.39, 0.29) is 6.61 Å². The van der Waals surface area contributed by atoms with Gasteiger partial charge in [-0.05, 0) is 31.5 Å². The quantitative estimate of drug-likeness (QED) is 0.491. The number of para-hydroxylation sites is 1. The number of benzene rings is 2. The Morgan fingerprint density at radius 3 is 2.31 bits per heavy atom. The van der Waals surface area contributed by atoms with Crippen LogP contribution < -0.4 is 0 Å². The monoisotopic (exact) mass is 346 g/mol. The molecular weight excluding hydrogens is 324 g/mol. The van der Waals surface area contributed by atoms with Gasteiger partial charge < -0.3 is 4.74 Å². The van der Waals surface area contributed by atoms with Crippen LogP contribution in [0, 0.1) is 6.92 Å². The summed E-state index contributed by atoms with van der Waals surface area (Å²) in [5.74, 6) is 0.524. The van der Waals surface area contributed by atoms with Crippen molar-refractivity contribution in [2.45, 2.75) is 26.9 Å². The molecular formula is C22H22N2O2. The van der Waals surface area contributed by atoms with Crippen LogP contribution in [0.2, 0.25) is 0 Å². The second kappa shape index (κ2) is 7.83. The first-order chi connectivity index (χ1) is 12.6. The van der Waals surface area contributed by atoms with Crippen LogP contribution in [0.25, 0.3) is 5.69 Å². The van der Waals surface area contributed by atoms with Gasteiger partial charge in [0.1, 0.15) is 12.4 Å². The van der Waals surface area contributed by atoms with Crippen LogP contribution in [0.5, 0.6) is 0 Å². The summed E-state index contributed by atoms with van der Waals surface area (Å²) in [5, 5.41) is 0. The Balaban J connectivity index is 2.00. The maximum absolute atomic E-state index is 11.8. The first-order valence-corrected chi connectivity index (χ1v) is 8.55. The molecule has 0 unspecified atom stereocenters. The van der Waals surface area contributed by atoms with Gasteiger partial charge in [0, 0.05) is 17.7 Å². The molecule has 0 aliphatic heterocycles. The molecule has 2 aromatic carbocycles. The van der Waals surface area contributed by atoms with E-state index >= 15 is 0 Å². The SMILES string of the molecule is C=C(C)C(=O)OCc1c(C)nc(Cc2ccccc2)n1-c1ccccc1. The molecule has 0 fully saturated rings. The van der Waals surface area contributed by atoms with Crippen LogP contribution in [-0.4, -0.2) is 15.5 Å². The van der Waals surface area contributed by atoms with Crippen molar-refractivity contribution in [2.24, 2.45) is 0 Å². The molecule has 0 radical (unpaired) electrons. The summed E-state index contributed by atoms with van der Waals surface area (Å²) in [7, 11) is 0. The van der Waals surface area contributed by atoms with Crippen LogP contribution in [-0.2, 0) is 22.6 Å². The highest BCUT2D eigenvalue weighted by atomic mass is 16.5. The summed E-state index contributed by atoms with van der Waals surface area (Å²) in [6, 6.07) is 20.2. The van der Waals surface area contributed by atoms with Gasteiger partial charge in [0.05, 0.1) is 11.4 Å². The largest absolute Gasteiger partial charge is 0.456 e. The minimum Gasteiger partial charge on any atom is -0.456 e. The molecule has 1 aromatic heterocycles. The fraction of sp³-hybridized carbons (Fsp3) is 0.182. The predicted octanol–water partition coefficient (Wildman–Crippen LogP) is 4.39. The number of ether oxygens (including phenoxy) is 1. The molecule has 0 aliphatic rings. The lowest BCUT2D eigenvalue weighted by atomic mass is 10.1. The summed E-state index contributed by atoms with van der Waals surface area (Å²) in [5.41, 5.74) is 4.30. The average Bonchev–Trinajstić information content (AvgIpc) is 2.96. The number of carbonyl (C=O) groups excluding carboxylic acids is 1. The van der Waals surface area contributed by atoms with Gasteiger partial charge in [0.15, 0.2) is 0 Å². The van der Waals surface area contributed by atoms with Crippen LogP contribution in [0.4, 0.5) is 0 Å². The van der Waals surface area contributed by atoms with E-state index in [2.05, 4.69) is 23.3 Å². The van der Waals surface area contributed by atoms with Crippen molar-refractivity contribution < 1.29 is 9.53 Å². The topological polar surface area (TPSA) is 44.1 Å². The lowest BCUT2D eigenvalue weighted by Crippen LogP contribution is -2.11. The lowest BCUT2D eigenvalue weighted by Gasteiger charge is -2.13. The van der Waals surface area contributed by atoms with Crippen molar-refractivity contribution in [3.8, 4) is 5.69 Å². The molecule has 0 bridgehead atoms. The molecule has 4 nitrogen and oxygen atoms in total. The molecule has 0 atom stereocenters. The first kappa shape index (κ1) is 17.7. The van der Waals surface area contributed by atoms with Crippen molar-refractivity contribution >= 4 is 5.97 Å². The van der Waals surface area contributed by atoms with E-state index in [9.17, 15) is 4.79 Å². The molecule has 132 valence electrons. The third-order valence-electron chi connectivity index (χ3n) is 4.15. The summed E-state index contributed by atoms with van der Waals surface area (Å²) in [4.78, 5) is 16.6. The molecule has 0 spiro atoms. The Labute approximate surface area is 153 Å². The zero-order chi connectivity index (χ0) is 18.5. The summed E-state index contributed by atoms with van der Waals surface area (Å²) in [6.45, 7) is 7.38. The minimum atomic E-state index is -0.394. The Bertz CT molecular complexity index is 912. The molecule has 1 heterocycles. The van der Waals surface area contributed by atoms with E-state index in [1.807, 2.05) is 55.5 Å². The van der Waals surface area contributed by atoms with Crippen LogP contribution in [0.3, 0.4) is 0 Å². The third-order valence-corrected chi connectivity index (χ3v) is 4.15. The molecule has 4 heteroatoms. The van der Waals surface area contributed by atoms with Gasteiger partial charge in [-0.15, -0.1) is 0 Å². The molecule has 3 rings (SSSR count). The Morgan fingerprint density at radius 2 is 1.69 bits per heavy atom. The zero-order valence-electron chi connectivity index (χ0n) is 15.1. The van der Waals surface area contributed by atoms with E-state index in [1.54, 1.807) is 6.92 Å². The summed E-state index contributed by atoms with van der Waals surface area (Å²) < 4.78 is 7.47. The Morgan fingerprint density at radius 1 is 1.08 bits per heavy atom. The third kappa shape index (κ3) is 3.91. The number of nitrogens with zero attached hydrogens (tertiary/aromatic N) is 2. The molecule has 0 N–H and O–H groups in total. The van der Waals surface area contributed by atoms with Crippen molar-refractivity contribution in [1.82, 2.24) is 9.55 Å². The van der Waals surface area contributed by atoms with Crippen molar-refractivity contribution in [2.75, 3.05) is 0 Å². The fourth-order valence-electron chi connectivity index (χ4n) is 2.83. The molecule has 0 aliphatic carbocycles. The number of hydrogen-bond acceptors (Lipinski definition) is 3. The van der Waals surface area contributed by atoms with Gasteiger partial charge in [0.2, 0.25) is 0 Å². The van der Waals surface area contributed by atoms with Crippen LogP contribution in [0.1, 0.15) is 29.7 Å².